The minimum absolute atomic E-state index is 0.543. The summed E-state index contributed by atoms with van der Waals surface area (Å²) in [6, 6.07) is 0. The molecule has 0 aromatic rings. The molecular weight excluding hydrogens is 305 g/mol. The van der Waals surface area contributed by atoms with Gasteiger partial charge in [-0.15, -0.1) is 0 Å². The van der Waals surface area contributed by atoms with E-state index in [-0.39, 0.29) is 0 Å². The van der Waals surface area contributed by atoms with Gasteiger partial charge in [-0.2, -0.15) is 0 Å². The van der Waals surface area contributed by atoms with Crippen LogP contribution >= 0.6 is 8.38 Å². The van der Waals surface area contributed by atoms with E-state index in [0.717, 1.165) is 19.5 Å². The van der Waals surface area contributed by atoms with Crippen LogP contribution in [0.15, 0.2) is 0 Å². The van der Waals surface area contributed by atoms with E-state index in [0.29, 0.717) is 6.16 Å². The summed E-state index contributed by atoms with van der Waals surface area (Å²) in [6.45, 7) is 4.27. The Bertz CT molecular complexity index is 216. The highest BCUT2D eigenvalue weighted by atomic mass is 31.2. The molecule has 4 heteroatoms. The molecule has 0 amide bonds. The van der Waals surface area contributed by atoms with E-state index in [9.17, 15) is 0 Å². The highest BCUT2D eigenvalue weighted by Gasteiger charge is 1.97. The Morgan fingerprint density at radius 1 is 0.565 bits per heavy atom. The van der Waals surface area contributed by atoms with Gasteiger partial charge >= 0.3 is 0 Å². The van der Waals surface area contributed by atoms with Crippen molar-refractivity contribution in [1.29, 1.82) is 0 Å². The molecule has 0 spiro atoms. The fraction of sp³-hybridized carbons (Fsp3) is 1.00. The molecule has 23 heavy (non-hydrogen) atoms. The number of nitrogens with one attached hydrogen (secondary N) is 1. The molecule has 3 nitrogen and oxygen atoms in total. The first kappa shape index (κ1) is 23.3. The zero-order chi connectivity index (χ0) is 17.0. The predicted molar refractivity (Wildman–Crippen MR) is 104 cm³/mol. The summed E-state index contributed by atoms with van der Waals surface area (Å²) in [5.41, 5.74) is 0. The average Bonchev–Trinajstić information content (AvgIpc) is 2.53. The van der Waals surface area contributed by atoms with Crippen LogP contribution in [-0.2, 0) is 0 Å². The first-order valence-electron chi connectivity index (χ1n) is 10.1. The van der Waals surface area contributed by atoms with Crippen LogP contribution in [0.5, 0.6) is 0 Å². The van der Waals surface area contributed by atoms with Crippen molar-refractivity contribution in [2.75, 3.05) is 19.3 Å². The Hall–Kier alpha value is 0.310. The van der Waals surface area contributed by atoms with Gasteiger partial charge < -0.3 is 15.1 Å². The molecule has 0 radical (unpaired) electrons. The molecule has 0 bridgehead atoms. The summed E-state index contributed by atoms with van der Waals surface area (Å²) in [6.07, 6.45) is 21.1. The molecule has 0 aromatic carbocycles. The van der Waals surface area contributed by atoms with Gasteiger partial charge in [0.25, 0.3) is 0 Å². The molecule has 0 aromatic heterocycles. The lowest BCUT2D eigenvalue weighted by molar-refractivity contribution is 0.478. The van der Waals surface area contributed by atoms with Crippen LogP contribution in [0.1, 0.15) is 103 Å². The standard InChI is InChI=1S/C19H42NO2P/c1-2-3-4-5-6-7-8-9-10-11-12-13-14-15-17-20-18-16-19-23(21)22/h20-22H,2-19H2,1H3. The molecule has 0 heterocycles. The molecule has 0 unspecified atom stereocenters. The van der Waals surface area contributed by atoms with Gasteiger partial charge in [-0.25, -0.2) is 0 Å². The minimum atomic E-state index is -1.68. The molecule has 0 aliphatic rings. The van der Waals surface area contributed by atoms with Gasteiger partial charge in [-0.1, -0.05) is 90.4 Å². The van der Waals surface area contributed by atoms with E-state index in [1.54, 1.807) is 0 Å². The molecule has 0 fully saturated rings. The highest BCUT2D eigenvalue weighted by Crippen LogP contribution is 2.22. The van der Waals surface area contributed by atoms with E-state index >= 15 is 0 Å². The minimum Gasteiger partial charge on any atom is -0.350 e. The van der Waals surface area contributed by atoms with Gasteiger partial charge in [-0.3, -0.25) is 0 Å². The SMILES string of the molecule is CCCCCCCCCCCCCCCCNCCCP(O)O. The van der Waals surface area contributed by atoms with Crippen LogP contribution in [-0.4, -0.2) is 29.0 Å². The van der Waals surface area contributed by atoms with E-state index in [4.69, 9.17) is 9.79 Å². The second-order valence-electron chi connectivity index (χ2n) is 6.80. The van der Waals surface area contributed by atoms with Gasteiger partial charge in [-0.05, 0) is 25.9 Å². The van der Waals surface area contributed by atoms with Gasteiger partial charge in [0.15, 0.2) is 8.38 Å². The van der Waals surface area contributed by atoms with Crippen molar-refractivity contribution >= 4 is 8.38 Å². The summed E-state index contributed by atoms with van der Waals surface area (Å²) in [4.78, 5) is 17.6. The van der Waals surface area contributed by atoms with E-state index < -0.39 is 8.38 Å². The molecule has 0 aliphatic carbocycles. The number of unbranched alkanes of at least 4 members (excludes halogenated alkanes) is 13. The second-order valence-corrected chi connectivity index (χ2v) is 7.99. The van der Waals surface area contributed by atoms with Crippen LogP contribution < -0.4 is 5.32 Å². The first-order chi connectivity index (χ1) is 11.3. The zero-order valence-electron chi connectivity index (χ0n) is 15.6. The lowest BCUT2D eigenvalue weighted by Crippen LogP contribution is -2.17. The normalized spacial score (nSPS) is 11.5. The third-order valence-corrected chi connectivity index (χ3v) is 5.14. The summed E-state index contributed by atoms with van der Waals surface area (Å²) < 4.78 is 0. The summed E-state index contributed by atoms with van der Waals surface area (Å²) in [5.74, 6) is 0. The van der Waals surface area contributed by atoms with Crippen molar-refractivity contribution in [2.45, 2.75) is 103 Å². The number of hydrogen-bond donors (Lipinski definition) is 3. The van der Waals surface area contributed by atoms with Gasteiger partial charge in [0.1, 0.15) is 0 Å². The number of hydrogen-bond acceptors (Lipinski definition) is 3. The van der Waals surface area contributed by atoms with Crippen LogP contribution in [0.4, 0.5) is 0 Å². The average molecular weight is 348 g/mol. The smallest absolute Gasteiger partial charge is 0.164 e. The lowest BCUT2D eigenvalue weighted by atomic mass is 10.0. The molecule has 3 N–H and O–H groups in total. The van der Waals surface area contributed by atoms with Crippen LogP contribution in [0, 0.1) is 0 Å². The quantitative estimate of drug-likeness (QED) is 0.206. The lowest BCUT2D eigenvalue weighted by Gasteiger charge is -2.05. The molecule has 0 saturated carbocycles. The fourth-order valence-electron chi connectivity index (χ4n) is 2.92. The molecule has 140 valence electrons. The third kappa shape index (κ3) is 22.3. The Balaban J connectivity index is 2.95. The van der Waals surface area contributed by atoms with Crippen molar-refractivity contribution in [1.82, 2.24) is 5.32 Å². The van der Waals surface area contributed by atoms with Crippen molar-refractivity contribution < 1.29 is 9.79 Å². The maximum atomic E-state index is 8.78. The van der Waals surface area contributed by atoms with E-state index in [1.807, 2.05) is 0 Å². The Kier molecular flexibility index (Phi) is 20.6. The van der Waals surface area contributed by atoms with Gasteiger partial charge in [0, 0.05) is 6.16 Å². The molecule has 0 rings (SSSR count). The maximum Gasteiger partial charge on any atom is 0.164 e. The Labute approximate surface area is 146 Å². The Morgan fingerprint density at radius 3 is 1.39 bits per heavy atom. The largest absolute Gasteiger partial charge is 0.350 e. The van der Waals surface area contributed by atoms with E-state index in [1.165, 1.54) is 89.9 Å². The number of rotatable bonds is 19. The summed E-state index contributed by atoms with van der Waals surface area (Å²) in [7, 11) is -1.68. The predicted octanol–water partition coefficient (Wildman–Crippen LogP) is 5.74. The van der Waals surface area contributed by atoms with Crippen molar-refractivity contribution in [2.24, 2.45) is 0 Å². The van der Waals surface area contributed by atoms with Crippen LogP contribution in [0.2, 0.25) is 0 Å². The molecule has 0 saturated heterocycles. The summed E-state index contributed by atoms with van der Waals surface area (Å²) >= 11 is 0. The van der Waals surface area contributed by atoms with Crippen molar-refractivity contribution in [3.05, 3.63) is 0 Å². The topological polar surface area (TPSA) is 52.5 Å². The maximum absolute atomic E-state index is 8.78. The second kappa shape index (κ2) is 20.4. The fourth-order valence-corrected chi connectivity index (χ4v) is 3.36. The van der Waals surface area contributed by atoms with E-state index in [2.05, 4.69) is 12.2 Å². The summed E-state index contributed by atoms with van der Waals surface area (Å²) in [5, 5.41) is 3.37. The highest BCUT2D eigenvalue weighted by molar-refractivity contribution is 7.45. The van der Waals surface area contributed by atoms with Gasteiger partial charge in [0.2, 0.25) is 0 Å². The Morgan fingerprint density at radius 2 is 0.957 bits per heavy atom. The van der Waals surface area contributed by atoms with Crippen molar-refractivity contribution in [3.63, 3.8) is 0 Å². The third-order valence-electron chi connectivity index (χ3n) is 4.42. The molecule has 0 aliphatic heterocycles. The monoisotopic (exact) mass is 347 g/mol. The van der Waals surface area contributed by atoms with Crippen LogP contribution in [0.25, 0.3) is 0 Å². The van der Waals surface area contributed by atoms with Gasteiger partial charge in [0.05, 0.1) is 0 Å². The molecule has 0 atom stereocenters. The zero-order valence-corrected chi connectivity index (χ0v) is 16.5. The van der Waals surface area contributed by atoms with Crippen LogP contribution in [0.3, 0.4) is 0 Å². The van der Waals surface area contributed by atoms with Crippen molar-refractivity contribution in [3.8, 4) is 0 Å². The molecular formula is C19H42NO2P. The first-order valence-corrected chi connectivity index (χ1v) is 11.6.